The largest absolute Gasteiger partial charge is 0.503 e. The van der Waals surface area contributed by atoms with Crippen LogP contribution in [0.5, 0.6) is 0 Å². The van der Waals surface area contributed by atoms with Crippen LogP contribution in [0.15, 0.2) is 64.4 Å². The van der Waals surface area contributed by atoms with Crippen LogP contribution in [-0.2, 0) is 0 Å². The Morgan fingerprint density at radius 1 is 1.10 bits per heavy atom. The van der Waals surface area contributed by atoms with E-state index in [0.29, 0.717) is 26.4 Å². The summed E-state index contributed by atoms with van der Waals surface area (Å²) in [5.74, 6) is 0.289. The fraction of sp³-hybridized carbons (Fsp3) is 0.0435. The van der Waals surface area contributed by atoms with E-state index in [1.54, 1.807) is 30.3 Å². The number of hydrogen-bond donors (Lipinski definition) is 1. The van der Waals surface area contributed by atoms with Crippen molar-refractivity contribution in [2.75, 3.05) is 0 Å². The second-order valence-electron chi connectivity index (χ2n) is 6.53. The molecule has 2 aromatic carbocycles. The van der Waals surface area contributed by atoms with Gasteiger partial charge >= 0.3 is 0 Å². The third-order valence-corrected chi connectivity index (χ3v) is 5.87. The molecule has 0 spiro atoms. The van der Waals surface area contributed by atoms with Crippen LogP contribution < -0.4 is 0 Å². The number of allylic oxidation sites excluding steroid dienone is 1. The summed E-state index contributed by atoms with van der Waals surface area (Å²) in [6.45, 7) is 2.01. The smallest absolute Gasteiger partial charge is 0.179 e. The van der Waals surface area contributed by atoms with Crippen molar-refractivity contribution < 1.29 is 9.52 Å². The van der Waals surface area contributed by atoms with Gasteiger partial charge in [-0.05, 0) is 37.3 Å². The number of thiazole rings is 1. The molecule has 0 aliphatic heterocycles. The van der Waals surface area contributed by atoms with Crippen molar-refractivity contribution in [3.05, 3.63) is 86.4 Å². The second-order valence-corrected chi connectivity index (χ2v) is 8.23. The first-order valence-electron chi connectivity index (χ1n) is 8.88. The summed E-state index contributed by atoms with van der Waals surface area (Å²) < 4.78 is 5.75. The Balaban J connectivity index is 1.70. The Labute approximate surface area is 187 Å². The molecule has 7 heteroatoms. The highest BCUT2D eigenvalue weighted by Gasteiger charge is 2.19. The molecule has 2 heterocycles. The number of aryl methyl sites for hydroxylation is 1. The zero-order valence-corrected chi connectivity index (χ0v) is 18.0. The summed E-state index contributed by atoms with van der Waals surface area (Å²) >= 11 is 13.5. The number of nitriles is 1. The van der Waals surface area contributed by atoms with Gasteiger partial charge in [0.1, 0.15) is 22.4 Å². The minimum atomic E-state index is -0.285. The van der Waals surface area contributed by atoms with Gasteiger partial charge in [0.05, 0.1) is 10.7 Å². The van der Waals surface area contributed by atoms with E-state index in [4.69, 9.17) is 27.6 Å². The lowest BCUT2D eigenvalue weighted by molar-refractivity contribution is 0.466. The van der Waals surface area contributed by atoms with Crippen LogP contribution in [0.4, 0.5) is 0 Å². The van der Waals surface area contributed by atoms with Gasteiger partial charge in [-0.15, -0.1) is 11.3 Å². The zero-order chi connectivity index (χ0) is 21.3. The van der Waals surface area contributed by atoms with Crippen molar-refractivity contribution in [1.82, 2.24) is 4.98 Å². The lowest BCUT2D eigenvalue weighted by Crippen LogP contribution is -1.89. The van der Waals surface area contributed by atoms with E-state index in [1.807, 2.05) is 42.6 Å². The molecule has 0 saturated heterocycles. The molecular weight excluding hydrogens is 439 g/mol. The normalized spacial score (nSPS) is 11.8. The number of aromatic nitrogens is 1. The van der Waals surface area contributed by atoms with Crippen molar-refractivity contribution in [3.63, 3.8) is 0 Å². The number of hydrogen-bond acceptors (Lipinski definition) is 5. The van der Waals surface area contributed by atoms with E-state index in [9.17, 15) is 10.4 Å². The first-order chi connectivity index (χ1) is 14.5. The van der Waals surface area contributed by atoms with Crippen LogP contribution >= 0.6 is 34.5 Å². The zero-order valence-electron chi connectivity index (χ0n) is 15.7. The predicted molar refractivity (Wildman–Crippen MR) is 122 cm³/mol. The van der Waals surface area contributed by atoms with Gasteiger partial charge in [-0.2, -0.15) is 5.26 Å². The molecule has 0 aliphatic rings. The third kappa shape index (κ3) is 3.99. The van der Waals surface area contributed by atoms with Crippen molar-refractivity contribution in [3.8, 4) is 28.7 Å². The van der Waals surface area contributed by atoms with Gasteiger partial charge in [-0.3, -0.25) is 0 Å². The molecule has 0 aliphatic carbocycles. The number of benzene rings is 2. The Morgan fingerprint density at radius 3 is 2.60 bits per heavy atom. The third-order valence-electron chi connectivity index (χ3n) is 4.45. The molecule has 0 amide bonds. The van der Waals surface area contributed by atoms with Gasteiger partial charge in [0, 0.05) is 21.5 Å². The van der Waals surface area contributed by atoms with Crippen LogP contribution in [-0.4, -0.2) is 10.1 Å². The summed E-state index contributed by atoms with van der Waals surface area (Å²) in [7, 11) is 0. The maximum Gasteiger partial charge on any atom is 0.179 e. The Bertz CT molecular complexity index is 1300. The number of rotatable bonds is 4. The molecule has 0 bridgehead atoms. The van der Waals surface area contributed by atoms with Gasteiger partial charge in [-0.1, -0.05) is 53.0 Å². The first-order valence-corrected chi connectivity index (χ1v) is 10.5. The van der Waals surface area contributed by atoms with Crippen LogP contribution in [0.3, 0.4) is 0 Å². The van der Waals surface area contributed by atoms with E-state index in [1.165, 1.54) is 11.3 Å². The van der Waals surface area contributed by atoms with Crippen LogP contribution in [0.1, 0.15) is 16.3 Å². The van der Waals surface area contributed by atoms with Crippen molar-refractivity contribution >= 4 is 45.9 Å². The van der Waals surface area contributed by atoms with Crippen LogP contribution in [0.25, 0.3) is 33.9 Å². The number of halogens is 2. The number of nitrogens with zero attached hydrogens (tertiary/aromatic N) is 2. The van der Waals surface area contributed by atoms with Crippen molar-refractivity contribution in [2.24, 2.45) is 0 Å². The summed E-state index contributed by atoms with van der Waals surface area (Å²) in [5.41, 5.74) is 3.46. The molecular formula is C23H14Cl2N2O2S. The van der Waals surface area contributed by atoms with Crippen LogP contribution in [0, 0.1) is 18.3 Å². The molecule has 0 atom stereocenters. The molecule has 0 unspecified atom stereocenters. The predicted octanol–water partition coefficient (Wildman–Crippen LogP) is 7.64. The molecule has 2 aromatic heterocycles. The van der Waals surface area contributed by atoms with Crippen molar-refractivity contribution in [1.29, 1.82) is 5.26 Å². The Hall–Kier alpha value is -3.04. The monoisotopic (exact) mass is 452 g/mol. The maximum atomic E-state index is 10.7. The number of furan rings is 1. The SMILES string of the molecule is Cc1ccc(-c2csc(C(C#N)=C(O)c3ccc(-c4cc(Cl)ccc4Cl)o3)n2)cc1. The van der Waals surface area contributed by atoms with Gasteiger partial charge in [0.15, 0.2) is 11.5 Å². The minimum absolute atomic E-state index is 0.0384. The minimum Gasteiger partial charge on any atom is -0.503 e. The second kappa shape index (κ2) is 8.37. The summed E-state index contributed by atoms with van der Waals surface area (Å²) in [4.78, 5) is 4.52. The van der Waals surface area contributed by atoms with E-state index < -0.39 is 0 Å². The molecule has 1 N–H and O–H groups in total. The fourth-order valence-electron chi connectivity index (χ4n) is 2.87. The van der Waals surface area contributed by atoms with Gasteiger partial charge in [0.2, 0.25) is 0 Å². The molecule has 148 valence electrons. The molecule has 4 aromatic rings. The topological polar surface area (TPSA) is 70.0 Å². The maximum absolute atomic E-state index is 10.7. The average Bonchev–Trinajstić information content (AvgIpc) is 3.41. The van der Waals surface area contributed by atoms with E-state index in [0.717, 1.165) is 16.8 Å². The fourth-order valence-corrected chi connectivity index (χ4v) is 4.07. The molecule has 4 nitrogen and oxygen atoms in total. The number of aliphatic hydroxyl groups is 1. The first kappa shape index (κ1) is 20.2. The van der Waals surface area contributed by atoms with Gasteiger partial charge in [0.25, 0.3) is 0 Å². The molecule has 0 fully saturated rings. The van der Waals surface area contributed by atoms with Gasteiger partial charge < -0.3 is 9.52 Å². The summed E-state index contributed by atoms with van der Waals surface area (Å²) in [6, 6.07) is 18.2. The quantitative estimate of drug-likeness (QED) is 0.255. The van der Waals surface area contributed by atoms with Crippen LogP contribution in [0.2, 0.25) is 10.0 Å². The standard InChI is InChI=1S/C23H14Cl2N2O2S/c1-13-2-4-14(5-3-13)19-12-30-23(27-19)17(11-26)22(28)21-9-8-20(29-21)16-10-15(24)6-7-18(16)25/h2-10,12,28H,1H3. The molecule has 30 heavy (non-hydrogen) atoms. The van der Waals surface area contributed by atoms with E-state index in [2.05, 4.69) is 4.98 Å². The average molecular weight is 453 g/mol. The highest BCUT2D eigenvalue weighted by Crippen LogP contribution is 2.35. The Morgan fingerprint density at radius 2 is 1.87 bits per heavy atom. The summed E-state index contributed by atoms with van der Waals surface area (Å²) in [6.07, 6.45) is 0. The number of aliphatic hydroxyl groups excluding tert-OH is 1. The van der Waals surface area contributed by atoms with E-state index >= 15 is 0 Å². The highest BCUT2D eigenvalue weighted by molar-refractivity contribution is 7.11. The lowest BCUT2D eigenvalue weighted by Gasteiger charge is -2.02. The van der Waals surface area contributed by atoms with Gasteiger partial charge in [-0.25, -0.2) is 4.98 Å². The van der Waals surface area contributed by atoms with E-state index in [-0.39, 0.29) is 17.1 Å². The molecule has 0 saturated carbocycles. The molecule has 4 rings (SSSR count). The highest BCUT2D eigenvalue weighted by atomic mass is 35.5. The lowest BCUT2D eigenvalue weighted by atomic mass is 10.1. The Kier molecular flexibility index (Phi) is 5.65. The summed E-state index contributed by atoms with van der Waals surface area (Å²) in [5, 5.41) is 23.6. The van der Waals surface area contributed by atoms with Crippen molar-refractivity contribution in [2.45, 2.75) is 6.92 Å². The molecule has 0 radical (unpaired) electrons.